The van der Waals surface area contributed by atoms with Crippen molar-refractivity contribution in [3.8, 4) is 22.5 Å². The first-order valence-corrected chi connectivity index (χ1v) is 13.5. The van der Waals surface area contributed by atoms with Crippen molar-refractivity contribution in [2.24, 2.45) is 5.14 Å². The second-order valence-electron chi connectivity index (χ2n) is 7.23. The minimum Gasteiger partial charge on any atom is -0.375 e. The molecular formula is C18H20N8O4S3. The Hall–Kier alpha value is -2.98. The van der Waals surface area contributed by atoms with Gasteiger partial charge in [-0.15, -0.1) is 10.2 Å². The van der Waals surface area contributed by atoms with Crippen molar-refractivity contribution >= 4 is 46.7 Å². The summed E-state index contributed by atoms with van der Waals surface area (Å²) in [6, 6.07) is 7.49. The zero-order chi connectivity index (χ0) is 24.0. The molecule has 0 radical (unpaired) electrons. The monoisotopic (exact) mass is 508 g/mol. The molecule has 12 nitrogen and oxygen atoms in total. The molecule has 0 spiro atoms. The third-order valence-corrected chi connectivity index (χ3v) is 8.56. The van der Waals surface area contributed by atoms with Crippen LogP contribution >= 0.6 is 11.3 Å². The number of hydrogen-bond donors (Lipinski definition) is 4. The van der Waals surface area contributed by atoms with Gasteiger partial charge in [-0.2, -0.15) is 5.21 Å². The van der Waals surface area contributed by atoms with E-state index in [0.29, 0.717) is 28.2 Å². The molecule has 4 aromatic rings. The van der Waals surface area contributed by atoms with Gasteiger partial charge in [0.15, 0.2) is 5.13 Å². The summed E-state index contributed by atoms with van der Waals surface area (Å²) in [6.45, 7) is 3.46. The molecule has 0 bridgehead atoms. The lowest BCUT2D eigenvalue weighted by Gasteiger charge is -2.18. The van der Waals surface area contributed by atoms with Gasteiger partial charge in [-0.05, 0) is 36.3 Å². The Morgan fingerprint density at radius 2 is 1.91 bits per heavy atom. The highest BCUT2D eigenvalue weighted by molar-refractivity contribution is 7.92. The predicted molar refractivity (Wildman–Crippen MR) is 124 cm³/mol. The van der Waals surface area contributed by atoms with Gasteiger partial charge in [-0.1, -0.05) is 36.5 Å². The van der Waals surface area contributed by atoms with Crippen LogP contribution in [0.15, 0.2) is 40.1 Å². The predicted octanol–water partition coefficient (Wildman–Crippen LogP) is 1.45. The van der Waals surface area contributed by atoms with Gasteiger partial charge < -0.3 is 5.73 Å². The van der Waals surface area contributed by atoms with E-state index < -0.39 is 35.9 Å². The molecule has 6 N–H and O–H groups in total. The van der Waals surface area contributed by atoms with Crippen LogP contribution in [0, 0.1) is 0 Å². The number of para-hydroxylation sites is 1. The fourth-order valence-electron chi connectivity index (χ4n) is 3.37. The lowest BCUT2D eigenvalue weighted by Crippen LogP contribution is -2.33. The van der Waals surface area contributed by atoms with Crippen LogP contribution in [0.1, 0.15) is 20.3 Å². The topological polar surface area (TPSA) is 200 Å². The first-order valence-electron chi connectivity index (χ1n) is 9.64. The maximum Gasteiger partial charge on any atom is 0.242 e. The number of anilines is 1. The standard InChI is InChI=1S/C18H20N8O4S3/c1-3-9(2)24-33(29,30)13-8-7-10(11-5-4-6-12-15(11)21-18(19)31-12)14(16(13)32(20,27)28)17-22-25-26-23-17/h4-9,24H,3H2,1-2H3,(H2,19,21)(H2,20,27,28)(H,22,23,25,26)/t9-/m0/s1. The number of primary sulfonamides is 1. The van der Waals surface area contributed by atoms with Crippen molar-refractivity contribution in [2.45, 2.75) is 36.1 Å². The van der Waals surface area contributed by atoms with Gasteiger partial charge in [-0.3, -0.25) is 0 Å². The molecule has 15 heteroatoms. The van der Waals surface area contributed by atoms with Crippen molar-refractivity contribution in [1.29, 1.82) is 0 Å². The molecule has 2 aromatic carbocycles. The van der Waals surface area contributed by atoms with E-state index in [0.717, 1.165) is 4.70 Å². The van der Waals surface area contributed by atoms with Gasteiger partial charge in [0.2, 0.25) is 25.9 Å². The number of fused-ring (bicyclic) bond motifs is 1. The van der Waals surface area contributed by atoms with Crippen LogP contribution in [0.3, 0.4) is 0 Å². The summed E-state index contributed by atoms with van der Waals surface area (Å²) in [5.41, 5.74) is 7.08. The zero-order valence-electron chi connectivity index (χ0n) is 17.5. The van der Waals surface area contributed by atoms with E-state index in [1.165, 1.54) is 23.5 Å². The van der Waals surface area contributed by atoms with E-state index in [4.69, 9.17) is 10.9 Å². The fourth-order valence-corrected chi connectivity index (χ4v) is 7.06. The molecule has 33 heavy (non-hydrogen) atoms. The third kappa shape index (κ3) is 4.32. The highest BCUT2D eigenvalue weighted by atomic mass is 32.2. The summed E-state index contributed by atoms with van der Waals surface area (Å²) in [5, 5.41) is 19.5. The molecule has 0 fully saturated rings. The van der Waals surface area contributed by atoms with Crippen LogP contribution in [-0.4, -0.2) is 48.5 Å². The number of rotatable bonds is 7. The number of thiazole rings is 1. The molecule has 0 aliphatic heterocycles. The van der Waals surface area contributed by atoms with Crippen LogP contribution in [0.4, 0.5) is 5.13 Å². The lowest BCUT2D eigenvalue weighted by molar-refractivity contribution is 0.551. The highest BCUT2D eigenvalue weighted by Crippen LogP contribution is 2.41. The van der Waals surface area contributed by atoms with Crippen molar-refractivity contribution in [2.75, 3.05) is 5.73 Å². The van der Waals surface area contributed by atoms with E-state index in [1.54, 1.807) is 26.0 Å². The number of sulfonamides is 2. The molecule has 1 atom stereocenters. The van der Waals surface area contributed by atoms with Gasteiger partial charge in [-0.25, -0.2) is 31.7 Å². The molecule has 2 aromatic heterocycles. The smallest absolute Gasteiger partial charge is 0.242 e. The highest BCUT2D eigenvalue weighted by Gasteiger charge is 2.33. The maximum atomic E-state index is 13.1. The normalized spacial score (nSPS) is 13.4. The van der Waals surface area contributed by atoms with Crippen molar-refractivity contribution in [3.63, 3.8) is 0 Å². The average molecular weight is 509 g/mol. The summed E-state index contributed by atoms with van der Waals surface area (Å²) >= 11 is 1.26. The molecule has 4 rings (SSSR count). The average Bonchev–Trinajstić information content (AvgIpc) is 3.40. The molecule has 2 heterocycles. The summed E-state index contributed by atoms with van der Waals surface area (Å²) < 4.78 is 55.1. The van der Waals surface area contributed by atoms with Crippen LogP contribution in [0.2, 0.25) is 0 Å². The Kier molecular flexibility index (Phi) is 5.92. The number of benzene rings is 2. The van der Waals surface area contributed by atoms with Gasteiger partial charge in [0.25, 0.3) is 0 Å². The molecule has 0 unspecified atom stereocenters. The Balaban J connectivity index is 2.13. The minimum atomic E-state index is -4.58. The summed E-state index contributed by atoms with van der Waals surface area (Å²) in [7, 11) is -8.84. The first-order chi connectivity index (χ1) is 15.5. The fraction of sp³-hybridized carbons (Fsp3) is 0.222. The Morgan fingerprint density at radius 3 is 2.55 bits per heavy atom. The van der Waals surface area contributed by atoms with E-state index in [2.05, 4.69) is 30.3 Å². The van der Waals surface area contributed by atoms with E-state index in [9.17, 15) is 16.8 Å². The number of hydrogen-bond acceptors (Lipinski definition) is 10. The Bertz CT molecular complexity index is 1550. The van der Waals surface area contributed by atoms with Crippen molar-refractivity contribution < 1.29 is 16.8 Å². The van der Waals surface area contributed by atoms with Crippen molar-refractivity contribution in [3.05, 3.63) is 30.3 Å². The maximum absolute atomic E-state index is 13.1. The molecule has 0 saturated carbocycles. The molecule has 0 amide bonds. The second-order valence-corrected chi connectivity index (χ2v) is 11.5. The summed E-state index contributed by atoms with van der Waals surface area (Å²) in [4.78, 5) is 3.19. The number of nitrogens with zero attached hydrogens (tertiary/aromatic N) is 4. The largest absolute Gasteiger partial charge is 0.375 e. The molecule has 174 valence electrons. The summed E-state index contributed by atoms with van der Waals surface area (Å²) in [6.07, 6.45) is 0.493. The van der Waals surface area contributed by atoms with E-state index in [1.807, 2.05) is 6.07 Å². The number of nitrogens with one attached hydrogen (secondary N) is 2. The molecular weight excluding hydrogens is 488 g/mol. The number of tetrazole rings is 1. The first kappa shape index (κ1) is 23.2. The Labute approximate surface area is 193 Å². The molecule has 0 aliphatic carbocycles. The molecule has 0 aliphatic rings. The minimum absolute atomic E-state index is 0.114. The summed E-state index contributed by atoms with van der Waals surface area (Å²) in [5.74, 6) is -0.144. The Morgan fingerprint density at radius 1 is 1.15 bits per heavy atom. The third-order valence-electron chi connectivity index (χ3n) is 4.96. The SMILES string of the molecule is CC[C@H](C)NS(=O)(=O)c1ccc(-c2cccc3sc(N)nc23)c(-c2nn[nH]n2)c1S(N)(=O)=O. The van der Waals surface area contributed by atoms with Crippen LogP contribution in [0.5, 0.6) is 0 Å². The quantitative estimate of drug-likeness (QED) is 0.285. The van der Waals surface area contributed by atoms with Gasteiger partial charge in [0.1, 0.15) is 9.79 Å². The number of nitrogen functional groups attached to an aromatic ring is 1. The second kappa shape index (κ2) is 8.42. The number of nitrogens with two attached hydrogens (primary N) is 2. The van der Waals surface area contributed by atoms with Gasteiger partial charge in [0, 0.05) is 11.6 Å². The number of aromatic amines is 1. The van der Waals surface area contributed by atoms with Gasteiger partial charge in [0.05, 0.1) is 15.8 Å². The van der Waals surface area contributed by atoms with Crippen LogP contribution < -0.4 is 15.6 Å². The lowest BCUT2D eigenvalue weighted by atomic mass is 9.98. The van der Waals surface area contributed by atoms with Crippen molar-refractivity contribution in [1.82, 2.24) is 30.3 Å². The molecule has 0 saturated heterocycles. The van der Waals surface area contributed by atoms with E-state index >= 15 is 0 Å². The number of H-pyrrole nitrogens is 1. The zero-order valence-corrected chi connectivity index (χ0v) is 19.9. The van der Waals surface area contributed by atoms with Gasteiger partial charge >= 0.3 is 0 Å². The van der Waals surface area contributed by atoms with E-state index in [-0.39, 0.29) is 11.4 Å². The van der Waals surface area contributed by atoms with Crippen LogP contribution in [0.25, 0.3) is 32.7 Å². The van der Waals surface area contributed by atoms with Crippen LogP contribution in [-0.2, 0) is 20.0 Å². The number of aromatic nitrogens is 5.